The van der Waals surface area contributed by atoms with Crippen LogP contribution in [0.4, 0.5) is 0 Å². The van der Waals surface area contributed by atoms with Gasteiger partial charge in [0.05, 0.1) is 5.58 Å². The molecule has 0 atom stereocenters. The molecule has 0 saturated carbocycles. The number of aryl methyl sites for hydroxylation is 1. The molecular weight excluding hydrogens is 685 g/mol. The average Bonchev–Trinajstić information content (AvgIpc) is 3.36. The van der Waals surface area contributed by atoms with E-state index in [-0.39, 0.29) is 25.7 Å². The quantitative estimate of drug-likeness (QED) is 0.135. The van der Waals surface area contributed by atoms with Crippen molar-refractivity contribution in [2.75, 3.05) is 0 Å². The third-order valence-corrected chi connectivity index (χ3v) is 8.73. The first-order valence-corrected chi connectivity index (χ1v) is 16.7. The van der Waals surface area contributed by atoms with Crippen LogP contribution in [-0.2, 0) is 20.1 Å². The zero-order valence-corrected chi connectivity index (χ0v) is 26.8. The van der Waals surface area contributed by atoms with Crippen LogP contribution in [0, 0.1) is 19.0 Å². The second-order valence-electron chi connectivity index (χ2n) is 11.0. The van der Waals surface area contributed by atoms with Crippen molar-refractivity contribution < 1.29 is 28.6 Å². The van der Waals surface area contributed by atoms with Gasteiger partial charge in [-0.2, -0.15) is 0 Å². The van der Waals surface area contributed by atoms with Gasteiger partial charge in [-0.1, -0.05) is 86.9 Å². The Kier molecular flexibility index (Phi) is 7.95. The van der Waals surface area contributed by atoms with Gasteiger partial charge in [-0.05, 0) is 41.4 Å². The summed E-state index contributed by atoms with van der Waals surface area (Å²) in [5, 5.41) is 3.82. The van der Waals surface area contributed by atoms with Crippen LogP contribution in [0.15, 0.2) is 95.7 Å². The first-order valence-electron chi connectivity index (χ1n) is 14.7. The summed E-state index contributed by atoms with van der Waals surface area (Å²) in [6.07, 6.45) is 3.36. The number of fused-ring (bicyclic) bond motifs is 3. The number of rotatable bonds is 4. The van der Waals surface area contributed by atoms with Gasteiger partial charge in [0, 0.05) is 50.1 Å². The molecular formula is C35H34IrN2OSi-2. The van der Waals surface area contributed by atoms with Gasteiger partial charge in [-0.15, -0.1) is 53.2 Å². The molecule has 205 valence electrons. The Bertz CT molecular complexity index is 1810. The summed E-state index contributed by atoms with van der Waals surface area (Å²) in [4.78, 5) is 8.83. The van der Waals surface area contributed by atoms with Crippen molar-refractivity contribution >= 4 is 35.2 Å². The van der Waals surface area contributed by atoms with Crippen molar-refractivity contribution in [3.8, 4) is 22.5 Å². The molecule has 0 aliphatic heterocycles. The molecule has 1 radical (unpaired) electrons. The molecule has 5 heteroatoms. The molecule has 0 fully saturated rings. The van der Waals surface area contributed by atoms with Gasteiger partial charge in [0.2, 0.25) is 0 Å². The SMILES string of the molecule is CC(C)c1ccc(-c2[c-]cc([Si](C)(C)C)c3c2oc2ccccc23)nc1.[2H]C([2H])([2H])c1ccc(-c2[c-]cccc2)nc1.[Ir]. The molecule has 0 spiro atoms. The summed E-state index contributed by atoms with van der Waals surface area (Å²) < 4.78 is 28.0. The Morgan fingerprint density at radius 2 is 1.60 bits per heavy atom. The van der Waals surface area contributed by atoms with Gasteiger partial charge in [0.15, 0.2) is 0 Å². The van der Waals surface area contributed by atoms with Crippen LogP contribution < -0.4 is 5.19 Å². The van der Waals surface area contributed by atoms with Crippen molar-refractivity contribution in [2.45, 2.75) is 46.3 Å². The minimum Gasteiger partial charge on any atom is -0.501 e. The second kappa shape index (κ2) is 12.4. The van der Waals surface area contributed by atoms with Crippen molar-refractivity contribution in [1.82, 2.24) is 9.97 Å². The van der Waals surface area contributed by atoms with Crippen molar-refractivity contribution in [3.63, 3.8) is 0 Å². The van der Waals surface area contributed by atoms with E-state index < -0.39 is 14.9 Å². The first-order chi connectivity index (χ1) is 19.9. The Labute approximate surface area is 256 Å². The Balaban J connectivity index is 0.000000215. The van der Waals surface area contributed by atoms with Crippen LogP contribution in [0.5, 0.6) is 0 Å². The molecule has 0 bridgehead atoms. The molecule has 0 unspecified atom stereocenters. The Morgan fingerprint density at radius 3 is 2.23 bits per heavy atom. The summed E-state index contributed by atoms with van der Waals surface area (Å²) in [5.74, 6) is 0.473. The van der Waals surface area contributed by atoms with E-state index in [0.29, 0.717) is 5.92 Å². The number of para-hydroxylation sites is 1. The number of furan rings is 1. The van der Waals surface area contributed by atoms with Gasteiger partial charge in [0.1, 0.15) is 5.58 Å². The summed E-state index contributed by atoms with van der Waals surface area (Å²) in [7, 11) is -1.54. The van der Waals surface area contributed by atoms with Gasteiger partial charge >= 0.3 is 0 Å². The molecule has 3 nitrogen and oxygen atoms in total. The molecule has 3 aromatic carbocycles. The maximum Gasteiger partial charge on any atom is 0.120 e. The largest absolute Gasteiger partial charge is 0.501 e. The van der Waals surface area contributed by atoms with E-state index in [2.05, 4.69) is 80.9 Å². The van der Waals surface area contributed by atoms with Crippen molar-refractivity contribution in [2.24, 2.45) is 0 Å². The van der Waals surface area contributed by atoms with Gasteiger partial charge in [0.25, 0.3) is 0 Å². The molecule has 0 N–H and O–H groups in total. The van der Waals surface area contributed by atoms with Crippen LogP contribution in [0.3, 0.4) is 0 Å². The minimum absolute atomic E-state index is 0. The van der Waals surface area contributed by atoms with E-state index in [1.165, 1.54) is 27.7 Å². The number of aromatic nitrogens is 2. The van der Waals surface area contributed by atoms with Crippen molar-refractivity contribution in [3.05, 3.63) is 115 Å². The van der Waals surface area contributed by atoms with Crippen LogP contribution >= 0.6 is 0 Å². The van der Waals surface area contributed by atoms with Crippen LogP contribution in [0.25, 0.3) is 44.5 Å². The minimum atomic E-state index is -2.09. The summed E-state index contributed by atoms with van der Waals surface area (Å²) in [6.45, 7) is 9.38. The third-order valence-electron chi connectivity index (χ3n) is 6.72. The molecule has 3 heterocycles. The van der Waals surface area contributed by atoms with E-state index in [4.69, 9.17) is 13.5 Å². The van der Waals surface area contributed by atoms with Crippen molar-refractivity contribution in [1.29, 1.82) is 0 Å². The summed E-state index contributed by atoms with van der Waals surface area (Å²) >= 11 is 0. The topological polar surface area (TPSA) is 38.9 Å². The number of hydrogen-bond acceptors (Lipinski definition) is 3. The van der Waals surface area contributed by atoms with E-state index in [0.717, 1.165) is 33.7 Å². The van der Waals surface area contributed by atoms with E-state index in [1.54, 1.807) is 18.2 Å². The number of hydrogen-bond donors (Lipinski definition) is 0. The van der Waals surface area contributed by atoms with Gasteiger partial charge < -0.3 is 14.4 Å². The molecule has 0 aliphatic rings. The standard InChI is InChI=1S/C23H24NOSi.C12H10N.Ir/c1-15(2)16-10-12-19(24-14-16)17-11-13-21(26(3,4)5)22-18-8-6-7-9-20(18)25-23(17)22;1-10-7-8-12(13-9-10)11-5-3-2-4-6-11;/h6-10,12-15H,1-5H3;2-5,7-9H,1H3;/q2*-1;/i;1D3;. The maximum atomic E-state index is 7.23. The smallest absolute Gasteiger partial charge is 0.120 e. The predicted octanol–water partition coefficient (Wildman–Crippen LogP) is 8.97. The van der Waals surface area contributed by atoms with Crippen LogP contribution in [0.2, 0.25) is 19.6 Å². The normalized spacial score (nSPS) is 12.7. The predicted molar refractivity (Wildman–Crippen MR) is 166 cm³/mol. The molecule has 40 heavy (non-hydrogen) atoms. The zero-order valence-electron chi connectivity index (χ0n) is 26.4. The van der Waals surface area contributed by atoms with Crippen LogP contribution in [0.1, 0.15) is 35.0 Å². The van der Waals surface area contributed by atoms with Gasteiger partial charge in [-0.25, -0.2) is 0 Å². The number of nitrogens with zero attached hydrogens (tertiary/aromatic N) is 2. The second-order valence-corrected chi connectivity index (χ2v) is 16.0. The van der Waals surface area contributed by atoms with E-state index in [9.17, 15) is 0 Å². The zero-order chi connectivity index (χ0) is 30.1. The molecule has 6 rings (SSSR count). The first kappa shape index (κ1) is 25.6. The fourth-order valence-electron chi connectivity index (χ4n) is 4.55. The molecule has 3 aromatic heterocycles. The molecule has 0 amide bonds. The molecule has 6 aromatic rings. The molecule has 0 aliphatic carbocycles. The van der Waals surface area contributed by atoms with E-state index >= 15 is 0 Å². The number of benzene rings is 3. The number of pyridine rings is 2. The summed E-state index contributed by atoms with van der Waals surface area (Å²) in [6, 6.07) is 32.0. The monoisotopic (exact) mass is 722 g/mol. The fraction of sp³-hybridized carbons (Fsp3) is 0.200. The third kappa shape index (κ3) is 6.33. The van der Waals surface area contributed by atoms with E-state index in [1.807, 2.05) is 36.5 Å². The average molecular weight is 722 g/mol. The van der Waals surface area contributed by atoms with Gasteiger partial charge in [-0.3, -0.25) is 0 Å². The Hall–Kier alpha value is -3.37. The van der Waals surface area contributed by atoms with Crippen LogP contribution in [-0.4, -0.2) is 18.0 Å². The fourth-order valence-corrected chi connectivity index (χ4v) is 6.06. The Morgan fingerprint density at radius 1 is 0.850 bits per heavy atom. The molecule has 0 saturated heterocycles. The summed E-state index contributed by atoms with van der Waals surface area (Å²) in [5.41, 5.74) is 6.81. The maximum absolute atomic E-state index is 7.23.